The van der Waals surface area contributed by atoms with Crippen LogP contribution in [0.1, 0.15) is 134 Å². The van der Waals surface area contributed by atoms with Crippen LogP contribution in [0, 0.1) is 39.9 Å². The van der Waals surface area contributed by atoms with Crippen molar-refractivity contribution in [1.82, 2.24) is 0 Å². The fourth-order valence-electron chi connectivity index (χ4n) is 13.6. The van der Waals surface area contributed by atoms with Gasteiger partial charge >= 0.3 is 41.8 Å². The fraction of sp³-hybridized carbons (Fsp3) is 0.750. The lowest BCUT2D eigenvalue weighted by molar-refractivity contribution is -0.345. The number of carboxylic acids is 1. The summed E-state index contributed by atoms with van der Waals surface area (Å²) < 4.78 is 59.3. The number of carbonyl (C=O) groups excluding carboxylic acids is 6. The predicted molar refractivity (Wildman–Crippen MR) is 248 cm³/mol. The van der Waals surface area contributed by atoms with Gasteiger partial charge < -0.3 is 57.6 Å². The second-order valence-corrected chi connectivity index (χ2v) is 21.3. The maximum atomic E-state index is 13.0. The molecule has 18 atom stereocenters. The monoisotopic (exact) mass is 1000 g/mol. The minimum Gasteiger partial charge on any atom is -0.478 e. The van der Waals surface area contributed by atoms with E-state index in [2.05, 4.69) is 27.7 Å². The summed E-state index contributed by atoms with van der Waals surface area (Å²) in [6.07, 6.45) is -3.79. The van der Waals surface area contributed by atoms with Crippen LogP contribution in [0.25, 0.3) is 0 Å². The van der Waals surface area contributed by atoms with Gasteiger partial charge in [0.15, 0.2) is 30.9 Å². The van der Waals surface area contributed by atoms with Crippen molar-refractivity contribution in [2.75, 3.05) is 6.61 Å². The highest BCUT2D eigenvalue weighted by molar-refractivity contribution is 5.88. The Morgan fingerprint density at radius 1 is 0.718 bits per heavy atom. The van der Waals surface area contributed by atoms with Crippen LogP contribution in [0.15, 0.2) is 34.9 Å². The van der Waals surface area contributed by atoms with E-state index in [1.54, 1.807) is 6.08 Å². The molecule has 2 heterocycles. The van der Waals surface area contributed by atoms with Crippen LogP contribution in [0.2, 0.25) is 0 Å². The Morgan fingerprint density at radius 3 is 1.93 bits per heavy atom. The first-order chi connectivity index (χ1) is 33.2. The summed E-state index contributed by atoms with van der Waals surface area (Å²) in [5, 5.41) is 23.2. The van der Waals surface area contributed by atoms with E-state index >= 15 is 0 Å². The molecule has 2 aliphatic heterocycles. The average molecular weight is 1000 g/mol. The molecule has 0 bridgehead atoms. The van der Waals surface area contributed by atoms with Crippen molar-refractivity contribution in [1.29, 1.82) is 0 Å². The Morgan fingerprint density at radius 2 is 1.34 bits per heavy atom. The van der Waals surface area contributed by atoms with Crippen LogP contribution in [0.5, 0.6) is 0 Å². The van der Waals surface area contributed by atoms with Crippen molar-refractivity contribution in [3.8, 4) is 0 Å². The third kappa shape index (κ3) is 11.7. The maximum Gasteiger partial charge on any atom is 0.331 e. The molecule has 2 N–H and O–H groups in total. The lowest BCUT2D eigenvalue weighted by atomic mass is 9.36. The number of aliphatic hydroxyl groups excluding tert-OH is 1. The van der Waals surface area contributed by atoms with Gasteiger partial charge in [0, 0.05) is 47.1 Å². The topological polar surface area (TPSA) is 252 Å². The molecule has 0 spiro atoms. The Kier molecular flexibility index (Phi) is 17.4. The molecule has 4 saturated carbocycles. The quantitative estimate of drug-likeness (QED) is 0.0831. The second kappa shape index (κ2) is 22.2. The van der Waals surface area contributed by atoms with Crippen molar-refractivity contribution in [2.24, 2.45) is 39.9 Å². The van der Waals surface area contributed by atoms with Gasteiger partial charge in [0.1, 0.15) is 24.9 Å². The van der Waals surface area contributed by atoms with E-state index in [4.69, 9.17) is 47.4 Å². The van der Waals surface area contributed by atoms with Gasteiger partial charge in [-0.25, -0.2) is 4.79 Å². The molecule has 4 aliphatic carbocycles. The number of hydrogen-bond acceptors (Lipinski definition) is 18. The highest BCUT2D eigenvalue weighted by atomic mass is 16.8. The van der Waals surface area contributed by atoms with E-state index in [0.29, 0.717) is 44.1 Å². The van der Waals surface area contributed by atoms with Crippen LogP contribution in [-0.2, 0) is 80.9 Å². The third-order valence-electron chi connectivity index (χ3n) is 16.4. The van der Waals surface area contributed by atoms with E-state index in [9.17, 15) is 43.8 Å². The molecule has 0 amide bonds. The minimum absolute atomic E-state index is 0.0241. The minimum atomic E-state index is -1.57. The maximum absolute atomic E-state index is 13.0. The van der Waals surface area contributed by atoms with Gasteiger partial charge in [-0.05, 0) is 123 Å². The molecule has 71 heavy (non-hydrogen) atoms. The van der Waals surface area contributed by atoms with Gasteiger partial charge in [-0.15, -0.1) is 0 Å². The summed E-state index contributed by atoms with van der Waals surface area (Å²) >= 11 is 0. The number of allylic oxidation sites excluding steroid dienone is 2. The van der Waals surface area contributed by atoms with E-state index in [1.165, 1.54) is 26.8 Å². The number of aliphatic carboxylic acids is 1. The van der Waals surface area contributed by atoms with Gasteiger partial charge in [0.25, 0.3) is 0 Å². The summed E-state index contributed by atoms with van der Waals surface area (Å²) in [5.74, 6) is -5.92. The van der Waals surface area contributed by atoms with Crippen molar-refractivity contribution in [3.05, 3.63) is 34.9 Å². The number of ether oxygens (including phenoxy) is 10. The fourth-order valence-corrected chi connectivity index (χ4v) is 13.6. The van der Waals surface area contributed by atoms with Gasteiger partial charge in [-0.1, -0.05) is 39.3 Å². The Hall–Kier alpha value is -4.69. The van der Waals surface area contributed by atoms with Gasteiger partial charge in [-0.2, -0.15) is 0 Å². The number of hydrogen-bond donors (Lipinski definition) is 2. The normalized spacial score (nSPS) is 40.0. The van der Waals surface area contributed by atoms with Crippen LogP contribution < -0.4 is 0 Å². The standard InChI is InChI=1S/C52H74O19/c1-25(2)14-13-15-33(47(60)61)42-35-22-36(59)46-50(10)20-19-37(26(3)34(50)18-21-51(46,11)52(35,12)23-39(42)63-28(5)54)68-48-38(16-17-41(71-48)64-29(6)55)69-49-45(67-32(9)58)44(66-31(8)57)43(65-30(7)56)40(70-49)24-62-27(4)53/h14,16-17,26,34-41,43-46,48-49,59H,13,15,18-24H2,1-12H3,(H,60,61)/b42-33-/t26-,34-,35-,36+,37+,38-,39-,40+,41-,43+,44-,45+,46+,48-,49-,50-,51-,52-/m0/s1. The van der Waals surface area contributed by atoms with Crippen LogP contribution in [-0.4, -0.2) is 126 Å². The summed E-state index contributed by atoms with van der Waals surface area (Å²) in [7, 11) is 0. The number of aliphatic hydroxyl groups is 1. The third-order valence-corrected chi connectivity index (χ3v) is 16.4. The molecule has 1 saturated heterocycles. The lowest BCUT2D eigenvalue weighted by Crippen LogP contribution is -2.66. The van der Waals surface area contributed by atoms with Gasteiger partial charge in [0.05, 0.1) is 12.2 Å². The summed E-state index contributed by atoms with van der Waals surface area (Å²) in [5.41, 5.74) is 0.496. The molecule has 0 aromatic rings. The summed E-state index contributed by atoms with van der Waals surface area (Å²) in [6.45, 7) is 19.3. The van der Waals surface area contributed by atoms with Crippen LogP contribution in [0.4, 0.5) is 0 Å². The number of carboxylic acid groups (broad SMARTS) is 1. The van der Waals surface area contributed by atoms with E-state index in [-0.39, 0.29) is 35.7 Å². The van der Waals surface area contributed by atoms with E-state index in [0.717, 1.165) is 32.8 Å². The van der Waals surface area contributed by atoms with Crippen LogP contribution in [0.3, 0.4) is 0 Å². The Bertz CT molecular complexity index is 2140. The lowest BCUT2D eigenvalue weighted by Gasteiger charge is -2.69. The summed E-state index contributed by atoms with van der Waals surface area (Å²) in [6, 6.07) is 0. The molecule has 0 aromatic heterocycles. The number of rotatable bonds is 15. The highest BCUT2D eigenvalue weighted by Gasteiger charge is 2.71. The molecule has 0 aromatic carbocycles. The van der Waals surface area contributed by atoms with E-state index < -0.39 is 132 Å². The zero-order valence-corrected chi connectivity index (χ0v) is 43.1. The molecular formula is C52H74O19. The SMILES string of the molecule is CC(=O)OC[C@H]1O[C@H](O[C@H]2C=C[C@@H](OC(C)=O)O[C@@H]2O[C@@H]2CC[C@]3(C)[C@H]4[C@H](O)C[C@H]5/C(=C(\CCC=C(C)C)C(=O)O)[C@@H](OC(C)=O)C[C@]5(C)[C@@]4(C)CC[C@H]3[C@@H]2C)[C@H](OC(C)=O)[C@@H](OC(C)=O)[C@@H]1OC(C)=O. The Labute approximate surface area is 415 Å². The molecule has 6 aliphatic rings. The number of carbonyl (C=O) groups is 7. The molecule has 0 unspecified atom stereocenters. The molecule has 6 rings (SSSR count). The molecule has 19 heteroatoms. The molecule has 396 valence electrons. The first kappa shape index (κ1) is 55.6. The molecule has 19 nitrogen and oxygen atoms in total. The first-order valence-electron chi connectivity index (χ1n) is 24.8. The zero-order valence-electron chi connectivity index (χ0n) is 43.1. The number of fused-ring (bicyclic) bond motifs is 5. The summed E-state index contributed by atoms with van der Waals surface area (Å²) in [4.78, 5) is 87.3. The zero-order chi connectivity index (χ0) is 52.5. The van der Waals surface area contributed by atoms with Crippen LogP contribution >= 0.6 is 0 Å². The smallest absolute Gasteiger partial charge is 0.331 e. The highest BCUT2D eigenvalue weighted by Crippen LogP contribution is 2.74. The van der Waals surface area contributed by atoms with Crippen molar-refractivity contribution in [3.63, 3.8) is 0 Å². The van der Waals surface area contributed by atoms with E-state index in [1.807, 2.05) is 19.9 Å². The van der Waals surface area contributed by atoms with Gasteiger partial charge in [-0.3, -0.25) is 28.8 Å². The molecular weight excluding hydrogens is 929 g/mol. The van der Waals surface area contributed by atoms with Crippen molar-refractivity contribution in [2.45, 2.75) is 202 Å². The largest absolute Gasteiger partial charge is 0.478 e. The average Bonchev–Trinajstić information content (AvgIpc) is 3.52. The molecule has 5 fully saturated rings. The van der Waals surface area contributed by atoms with Gasteiger partial charge in [0.2, 0.25) is 6.29 Å². The number of esters is 6. The first-order valence-corrected chi connectivity index (χ1v) is 24.8. The van der Waals surface area contributed by atoms with Crippen molar-refractivity contribution >= 4 is 41.8 Å². The second-order valence-electron chi connectivity index (χ2n) is 21.3. The van der Waals surface area contributed by atoms with Crippen molar-refractivity contribution < 1.29 is 91.1 Å². The molecule has 0 radical (unpaired) electrons. The Balaban J connectivity index is 1.29. The predicted octanol–water partition coefficient (Wildman–Crippen LogP) is 5.96.